The molecule has 1 atom stereocenters. The second-order valence-electron chi connectivity index (χ2n) is 3.36. The van der Waals surface area contributed by atoms with E-state index in [0.29, 0.717) is 5.92 Å². The lowest BCUT2D eigenvalue weighted by Crippen LogP contribution is -2.16. The molecule has 0 aromatic rings. The summed E-state index contributed by atoms with van der Waals surface area (Å²) in [6, 6.07) is 0. The van der Waals surface area contributed by atoms with Crippen LogP contribution in [0.5, 0.6) is 0 Å². The fraction of sp³-hybridized carbons (Fsp3) is 0.500. The second-order valence-corrected chi connectivity index (χ2v) is 3.36. The molecule has 0 saturated heterocycles. The number of hydrogen-bond acceptors (Lipinski definition) is 1. The molecule has 1 heteroatoms. The van der Waals surface area contributed by atoms with Gasteiger partial charge in [-0.2, -0.15) is 0 Å². The van der Waals surface area contributed by atoms with Crippen LogP contribution in [0.2, 0.25) is 0 Å². The molecule has 1 unspecified atom stereocenters. The Morgan fingerprint density at radius 3 is 2.54 bits per heavy atom. The molecule has 0 amide bonds. The van der Waals surface area contributed by atoms with Gasteiger partial charge in [-0.15, -0.1) is 6.58 Å². The van der Waals surface area contributed by atoms with E-state index in [1.165, 1.54) is 12.8 Å². The lowest BCUT2D eigenvalue weighted by Gasteiger charge is -2.16. The van der Waals surface area contributed by atoms with E-state index in [9.17, 15) is 0 Å². The summed E-state index contributed by atoms with van der Waals surface area (Å²) in [5, 5.41) is 3.16. The van der Waals surface area contributed by atoms with Crippen molar-refractivity contribution < 1.29 is 0 Å². The fourth-order valence-corrected chi connectivity index (χ4v) is 1.21. The van der Waals surface area contributed by atoms with E-state index < -0.39 is 0 Å². The van der Waals surface area contributed by atoms with Gasteiger partial charge >= 0.3 is 0 Å². The monoisotopic (exact) mass is 179 g/mol. The molecule has 0 aliphatic heterocycles. The van der Waals surface area contributed by atoms with Crippen LogP contribution in [0.25, 0.3) is 0 Å². The fourth-order valence-electron chi connectivity index (χ4n) is 1.21. The number of nitrogens with one attached hydrogen (secondary N) is 1. The first-order valence-electron chi connectivity index (χ1n) is 4.86. The molecule has 13 heavy (non-hydrogen) atoms. The average molecular weight is 179 g/mol. The van der Waals surface area contributed by atoms with Crippen LogP contribution in [-0.4, -0.2) is 6.54 Å². The summed E-state index contributed by atoms with van der Waals surface area (Å²) in [5.74, 6) is 0.523. The molecular weight excluding hydrogens is 158 g/mol. The summed E-state index contributed by atoms with van der Waals surface area (Å²) in [6.07, 6.45) is 4.19. The van der Waals surface area contributed by atoms with Crippen molar-refractivity contribution in [2.24, 2.45) is 5.92 Å². The van der Waals surface area contributed by atoms with Crippen molar-refractivity contribution in [2.75, 3.05) is 6.54 Å². The van der Waals surface area contributed by atoms with E-state index >= 15 is 0 Å². The molecule has 0 aliphatic rings. The first kappa shape index (κ1) is 12.0. The highest BCUT2D eigenvalue weighted by atomic mass is 14.9. The van der Waals surface area contributed by atoms with Crippen LogP contribution in [0.3, 0.4) is 0 Å². The van der Waals surface area contributed by atoms with Gasteiger partial charge in [0.15, 0.2) is 0 Å². The van der Waals surface area contributed by atoms with E-state index in [0.717, 1.165) is 17.8 Å². The third-order valence-corrected chi connectivity index (χ3v) is 2.16. The maximum atomic E-state index is 4.03. The van der Waals surface area contributed by atoms with E-state index in [-0.39, 0.29) is 0 Å². The van der Waals surface area contributed by atoms with Gasteiger partial charge in [0.05, 0.1) is 0 Å². The van der Waals surface area contributed by atoms with Gasteiger partial charge in [0.25, 0.3) is 0 Å². The molecule has 0 fully saturated rings. The molecule has 0 bridgehead atoms. The quantitative estimate of drug-likeness (QED) is 0.467. The zero-order chi connectivity index (χ0) is 10.3. The molecule has 1 nitrogen and oxygen atoms in total. The Kier molecular flexibility index (Phi) is 6.03. The van der Waals surface area contributed by atoms with Gasteiger partial charge in [0.2, 0.25) is 0 Å². The van der Waals surface area contributed by atoms with Gasteiger partial charge in [-0.05, 0) is 17.9 Å². The molecule has 0 saturated carbocycles. The molecule has 74 valence electrons. The van der Waals surface area contributed by atoms with Gasteiger partial charge in [-0.1, -0.05) is 39.5 Å². The van der Waals surface area contributed by atoms with E-state index in [4.69, 9.17) is 0 Å². The third-order valence-electron chi connectivity index (χ3n) is 2.16. The second kappa shape index (κ2) is 6.53. The van der Waals surface area contributed by atoms with Gasteiger partial charge in [-0.3, -0.25) is 0 Å². The molecule has 0 aromatic carbocycles. The smallest absolute Gasteiger partial charge is 0.0328 e. The lowest BCUT2D eigenvalue weighted by atomic mass is 9.96. The normalized spacial score (nSPS) is 11.8. The SMILES string of the molecule is C=CCNC(=C)C(=C)C(C)CCC. The molecule has 0 spiro atoms. The number of allylic oxidation sites excluding steroid dienone is 1. The highest BCUT2D eigenvalue weighted by Gasteiger charge is 2.07. The molecule has 0 aliphatic carbocycles. The van der Waals surface area contributed by atoms with Gasteiger partial charge in [0, 0.05) is 12.2 Å². The van der Waals surface area contributed by atoms with Crippen LogP contribution in [0.1, 0.15) is 26.7 Å². The highest BCUT2D eigenvalue weighted by molar-refractivity contribution is 5.25. The summed E-state index contributed by atoms with van der Waals surface area (Å²) in [4.78, 5) is 0. The Labute approximate surface area is 82.2 Å². The van der Waals surface area contributed by atoms with Crippen LogP contribution in [0.4, 0.5) is 0 Å². The third kappa shape index (κ3) is 4.56. The van der Waals surface area contributed by atoms with Crippen molar-refractivity contribution in [3.05, 3.63) is 37.1 Å². The predicted molar refractivity (Wildman–Crippen MR) is 60.6 cm³/mol. The Morgan fingerprint density at radius 1 is 1.46 bits per heavy atom. The summed E-state index contributed by atoms with van der Waals surface area (Å²) in [7, 11) is 0. The van der Waals surface area contributed by atoms with Crippen LogP contribution in [0.15, 0.2) is 37.1 Å². The maximum absolute atomic E-state index is 4.03. The van der Waals surface area contributed by atoms with Crippen LogP contribution in [-0.2, 0) is 0 Å². The van der Waals surface area contributed by atoms with Gasteiger partial charge in [0.1, 0.15) is 0 Å². The molecule has 1 N–H and O–H groups in total. The molecule has 0 heterocycles. The predicted octanol–water partition coefficient (Wildman–Crippen LogP) is 3.27. The van der Waals surface area contributed by atoms with E-state index in [1.54, 1.807) is 0 Å². The summed E-state index contributed by atoms with van der Waals surface area (Å²) in [5.41, 5.74) is 2.06. The van der Waals surface area contributed by atoms with E-state index in [1.807, 2.05) is 6.08 Å². The van der Waals surface area contributed by atoms with Gasteiger partial charge < -0.3 is 5.32 Å². The van der Waals surface area contributed by atoms with E-state index in [2.05, 4.69) is 38.9 Å². The summed E-state index contributed by atoms with van der Waals surface area (Å²) < 4.78 is 0. The highest BCUT2D eigenvalue weighted by Crippen LogP contribution is 2.18. The largest absolute Gasteiger partial charge is 0.382 e. The Balaban J connectivity index is 3.94. The molecule has 0 aromatic heterocycles. The lowest BCUT2D eigenvalue weighted by molar-refractivity contribution is 0.600. The zero-order valence-corrected chi connectivity index (χ0v) is 8.90. The maximum Gasteiger partial charge on any atom is 0.0328 e. The van der Waals surface area contributed by atoms with Gasteiger partial charge in [-0.25, -0.2) is 0 Å². The first-order valence-corrected chi connectivity index (χ1v) is 4.86. The number of hydrogen-bond donors (Lipinski definition) is 1. The van der Waals surface area contributed by atoms with Crippen molar-refractivity contribution >= 4 is 0 Å². The molecular formula is C12H21N. The van der Waals surface area contributed by atoms with Crippen LogP contribution in [0, 0.1) is 5.92 Å². The zero-order valence-electron chi connectivity index (χ0n) is 8.90. The Hall–Kier alpha value is -0.980. The minimum Gasteiger partial charge on any atom is -0.382 e. The van der Waals surface area contributed by atoms with Crippen molar-refractivity contribution in [1.82, 2.24) is 5.32 Å². The number of rotatable bonds is 7. The minimum absolute atomic E-state index is 0.523. The molecule has 0 radical (unpaired) electrons. The Bertz CT molecular complexity index is 191. The first-order chi connectivity index (χ1) is 6.13. The van der Waals surface area contributed by atoms with Crippen molar-refractivity contribution in [3.8, 4) is 0 Å². The minimum atomic E-state index is 0.523. The van der Waals surface area contributed by atoms with Crippen LogP contribution < -0.4 is 5.32 Å². The standard InChI is InChI=1S/C12H21N/c1-6-8-10(3)11(4)12(5)13-9-7-2/h7,10,13H,2,4-6,8-9H2,1,3H3. The average Bonchev–Trinajstić information content (AvgIpc) is 2.13. The van der Waals surface area contributed by atoms with Crippen LogP contribution >= 0.6 is 0 Å². The summed E-state index contributed by atoms with van der Waals surface area (Å²) >= 11 is 0. The topological polar surface area (TPSA) is 12.0 Å². The van der Waals surface area contributed by atoms with Crippen molar-refractivity contribution in [1.29, 1.82) is 0 Å². The van der Waals surface area contributed by atoms with Crippen molar-refractivity contribution in [3.63, 3.8) is 0 Å². The van der Waals surface area contributed by atoms with Crippen molar-refractivity contribution in [2.45, 2.75) is 26.7 Å². The summed E-state index contributed by atoms with van der Waals surface area (Å²) in [6.45, 7) is 16.7. The molecule has 0 rings (SSSR count). The Morgan fingerprint density at radius 2 is 2.08 bits per heavy atom.